The van der Waals surface area contributed by atoms with Crippen molar-refractivity contribution in [2.75, 3.05) is 0 Å². The molecule has 1 amide bonds. The van der Waals surface area contributed by atoms with Gasteiger partial charge < -0.3 is 10.5 Å². The number of amides is 1. The summed E-state index contributed by atoms with van der Waals surface area (Å²) in [4.78, 5) is 22.6. The highest BCUT2D eigenvalue weighted by atomic mass is 16.3. The van der Waals surface area contributed by atoms with E-state index in [1.54, 1.807) is 0 Å². The smallest absolute Gasteiger partial charge is 0.234 e. The predicted molar refractivity (Wildman–Crippen MR) is 66.0 cm³/mol. The maximum atomic E-state index is 11.3. The number of rotatable bonds is 9. The normalized spacial score (nSPS) is 11.0. The molecule has 0 fully saturated rings. The van der Waals surface area contributed by atoms with Crippen molar-refractivity contribution in [2.24, 2.45) is 0 Å². The summed E-state index contributed by atoms with van der Waals surface area (Å²) in [5, 5.41) is 17.8. The van der Waals surface area contributed by atoms with Gasteiger partial charge in [0.15, 0.2) is 5.88 Å². The van der Waals surface area contributed by atoms with Crippen LogP contribution in [0.5, 0.6) is 0 Å². The Hall–Kier alpha value is -1.65. The Balaban J connectivity index is 3.76. The van der Waals surface area contributed by atoms with Gasteiger partial charge in [-0.1, -0.05) is 26.2 Å². The first-order valence-corrected chi connectivity index (χ1v) is 5.81. The number of aliphatic hydroxyl groups excluding tert-OH is 1. The third-order valence-electron chi connectivity index (χ3n) is 2.18. The van der Waals surface area contributed by atoms with Gasteiger partial charge in [0.25, 0.3) is 0 Å². The summed E-state index contributed by atoms with van der Waals surface area (Å²) in [6.07, 6.45) is 6.08. The minimum absolute atomic E-state index is 0.124. The van der Waals surface area contributed by atoms with Crippen LogP contribution in [0, 0.1) is 5.41 Å². The highest BCUT2D eigenvalue weighted by molar-refractivity contribution is 5.98. The molecule has 0 rings (SSSR count). The number of carbonyl (C=O) groups is 2. The molecular formula is C12H20N2O3. The van der Waals surface area contributed by atoms with Gasteiger partial charge in [0.2, 0.25) is 5.91 Å². The van der Waals surface area contributed by atoms with E-state index in [2.05, 4.69) is 12.2 Å². The van der Waals surface area contributed by atoms with Crippen molar-refractivity contribution in [3.8, 4) is 0 Å². The van der Waals surface area contributed by atoms with E-state index < -0.39 is 11.8 Å². The number of carbonyl (C=O) groups excluding carboxylic acids is 2. The van der Waals surface area contributed by atoms with E-state index in [4.69, 9.17) is 10.5 Å². The number of unbranched alkanes of at least 4 members (excludes halogenated alkanes) is 3. The topological polar surface area (TPSA) is 90.2 Å². The molecule has 0 heterocycles. The van der Waals surface area contributed by atoms with Gasteiger partial charge in [-0.25, -0.2) is 0 Å². The molecule has 0 spiro atoms. The lowest BCUT2D eigenvalue weighted by atomic mass is 10.1. The summed E-state index contributed by atoms with van der Waals surface area (Å²) in [6, 6.07) is 0. The molecule has 0 unspecified atom stereocenters. The second-order valence-corrected chi connectivity index (χ2v) is 3.79. The van der Waals surface area contributed by atoms with Crippen molar-refractivity contribution in [1.29, 1.82) is 5.41 Å². The molecule has 0 aromatic heterocycles. The average molecular weight is 240 g/mol. The quantitative estimate of drug-likeness (QED) is 0.249. The Bertz CT molecular complexity index is 298. The molecule has 0 aromatic rings. The monoisotopic (exact) mass is 240 g/mol. The Morgan fingerprint density at radius 1 is 1.29 bits per heavy atom. The van der Waals surface area contributed by atoms with Crippen molar-refractivity contribution in [2.45, 2.75) is 45.4 Å². The van der Waals surface area contributed by atoms with E-state index in [-0.39, 0.29) is 12.2 Å². The van der Waals surface area contributed by atoms with Gasteiger partial charge in [-0.2, -0.15) is 0 Å². The Morgan fingerprint density at radius 2 is 2.00 bits per heavy atom. The molecule has 0 aliphatic rings. The van der Waals surface area contributed by atoms with Crippen LogP contribution in [0.3, 0.4) is 0 Å². The van der Waals surface area contributed by atoms with Gasteiger partial charge >= 0.3 is 0 Å². The van der Waals surface area contributed by atoms with E-state index in [1.807, 2.05) is 0 Å². The number of allylic oxidation sites excluding steroid dienone is 1. The Morgan fingerprint density at radius 3 is 2.59 bits per heavy atom. The summed E-state index contributed by atoms with van der Waals surface area (Å²) in [5.41, 5.74) is 0. The first-order valence-electron chi connectivity index (χ1n) is 5.81. The van der Waals surface area contributed by atoms with Crippen LogP contribution in [-0.2, 0) is 9.59 Å². The van der Waals surface area contributed by atoms with Gasteiger partial charge in [0, 0.05) is 18.7 Å². The second kappa shape index (κ2) is 9.57. The number of ketones is 1. The molecule has 5 heteroatoms. The van der Waals surface area contributed by atoms with Crippen LogP contribution >= 0.6 is 0 Å². The van der Waals surface area contributed by atoms with Crippen LogP contribution in [0.4, 0.5) is 0 Å². The first-order chi connectivity index (χ1) is 8.10. The van der Waals surface area contributed by atoms with E-state index in [0.717, 1.165) is 38.0 Å². The molecule has 0 saturated heterocycles. The maximum Gasteiger partial charge on any atom is 0.234 e. The third-order valence-corrected chi connectivity index (χ3v) is 2.18. The van der Waals surface area contributed by atoms with Crippen molar-refractivity contribution in [3.63, 3.8) is 0 Å². The molecular weight excluding hydrogens is 220 g/mol. The number of Topliss-reactive ketones (excluding diaryl/α,β-unsaturated/α-hetero) is 1. The summed E-state index contributed by atoms with van der Waals surface area (Å²) in [5.74, 6) is -1.08. The summed E-state index contributed by atoms with van der Waals surface area (Å²) < 4.78 is 0. The SMILES string of the molecule is CCCCCCC(=O)CC(=O)N/C(O)=C/C=N. The van der Waals surface area contributed by atoms with Gasteiger partial charge in [0.1, 0.15) is 5.78 Å². The number of nitrogens with one attached hydrogen (secondary N) is 2. The molecule has 3 N–H and O–H groups in total. The second-order valence-electron chi connectivity index (χ2n) is 3.79. The van der Waals surface area contributed by atoms with Crippen LogP contribution in [-0.4, -0.2) is 23.0 Å². The fourth-order valence-corrected chi connectivity index (χ4v) is 1.32. The van der Waals surface area contributed by atoms with E-state index in [9.17, 15) is 9.59 Å². The van der Waals surface area contributed by atoms with Gasteiger partial charge in [-0.05, 0) is 6.42 Å². The molecule has 0 saturated carbocycles. The van der Waals surface area contributed by atoms with Crippen molar-refractivity contribution < 1.29 is 14.7 Å². The molecule has 17 heavy (non-hydrogen) atoms. The van der Waals surface area contributed by atoms with Crippen LogP contribution < -0.4 is 5.32 Å². The summed E-state index contributed by atoms with van der Waals surface area (Å²) in [6.45, 7) is 2.09. The van der Waals surface area contributed by atoms with E-state index in [0.29, 0.717) is 6.42 Å². The summed E-state index contributed by atoms with van der Waals surface area (Å²) in [7, 11) is 0. The highest BCUT2D eigenvalue weighted by Crippen LogP contribution is 2.04. The molecule has 96 valence electrons. The first kappa shape index (κ1) is 15.3. The lowest BCUT2D eigenvalue weighted by Gasteiger charge is -2.03. The van der Waals surface area contributed by atoms with Crippen LogP contribution in [0.1, 0.15) is 45.4 Å². The highest BCUT2D eigenvalue weighted by Gasteiger charge is 2.09. The molecule has 0 atom stereocenters. The Kier molecular flexibility index (Phi) is 8.64. The van der Waals surface area contributed by atoms with E-state index >= 15 is 0 Å². The minimum atomic E-state index is -0.541. The zero-order chi connectivity index (χ0) is 13.1. The van der Waals surface area contributed by atoms with Gasteiger partial charge in [-0.15, -0.1) is 0 Å². The number of hydrogen-bond donors (Lipinski definition) is 3. The molecule has 0 radical (unpaired) electrons. The zero-order valence-corrected chi connectivity index (χ0v) is 10.2. The molecule has 0 bridgehead atoms. The lowest BCUT2D eigenvalue weighted by Crippen LogP contribution is -2.25. The van der Waals surface area contributed by atoms with Gasteiger partial charge in [-0.3, -0.25) is 14.9 Å². The molecule has 5 nitrogen and oxygen atoms in total. The van der Waals surface area contributed by atoms with Crippen LogP contribution in [0.15, 0.2) is 12.0 Å². The zero-order valence-electron chi connectivity index (χ0n) is 10.2. The lowest BCUT2D eigenvalue weighted by molar-refractivity contribution is -0.128. The largest absolute Gasteiger partial charge is 0.494 e. The van der Waals surface area contributed by atoms with Crippen molar-refractivity contribution in [1.82, 2.24) is 5.32 Å². The maximum absolute atomic E-state index is 11.3. The Labute approximate surface area is 101 Å². The van der Waals surface area contributed by atoms with Crippen molar-refractivity contribution in [3.05, 3.63) is 12.0 Å². The average Bonchev–Trinajstić information content (AvgIpc) is 2.24. The van der Waals surface area contributed by atoms with E-state index in [1.165, 1.54) is 0 Å². The minimum Gasteiger partial charge on any atom is -0.494 e. The van der Waals surface area contributed by atoms with Crippen LogP contribution in [0.2, 0.25) is 0 Å². The fraction of sp³-hybridized carbons (Fsp3) is 0.583. The predicted octanol–water partition coefficient (Wildman–Crippen LogP) is 2.08. The molecule has 0 aliphatic heterocycles. The molecule has 0 aromatic carbocycles. The number of aliphatic hydroxyl groups is 1. The summed E-state index contributed by atoms with van der Waals surface area (Å²) >= 11 is 0. The van der Waals surface area contributed by atoms with Gasteiger partial charge in [0.05, 0.1) is 6.42 Å². The van der Waals surface area contributed by atoms with Crippen molar-refractivity contribution >= 4 is 17.9 Å². The number of hydrogen-bond acceptors (Lipinski definition) is 4. The fourth-order valence-electron chi connectivity index (χ4n) is 1.32. The third kappa shape index (κ3) is 9.29. The van der Waals surface area contributed by atoms with Crippen LogP contribution in [0.25, 0.3) is 0 Å². The standard InChI is InChI=1S/C12H20N2O3/c1-2-3-4-5-6-10(15)9-12(17)14-11(16)7-8-13/h7-8,13,16H,2-6,9H2,1H3,(H,14,17)/b11-7-,13-8?. The molecule has 0 aliphatic carbocycles.